The van der Waals surface area contributed by atoms with E-state index in [1.54, 1.807) is 0 Å². The highest BCUT2D eigenvalue weighted by molar-refractivity contribution is 5.85. The number of para-hydroxylation sites is 1. The molecule has 0 radical (unpaired) electrons. The van der Waals surface area contributed by atoms with Crippen LogP contribution in [0.15, 0.2) is 46.9 Å². The highest BCUT2D eigenvalue weighted by atomic mass is 16.3. The van der Waals surface area contributed by atoms with Crippen molar-refractivity contribution >= 4 is 16.8 Å². The van der Waals surface area contributed by atoms with Crippen LogP contribution >= 0.6 is 0 Å². The Balaban J connectivity index is 1.95. The van der Waals surface area contributed by atoms with Crippen molar-refractivity contribution in [1.82, 2.24) is 4.98 Å². The number of aromatic nitrogens is 1. The number of hydrogen-bond donors (Lipinski definition) is 1. The quantitative estimate of drug-likeness (QED) is 0.697. The lowest BCUT2D eigenvalue weighted by Gasteiger charge is -1.97. The smallest absolute Gasteiger partial charge is 0.199 e. The van der Waals surface area contributed by atoms with Crippen molar-refractivity contribution in [3.05, 3.63) is 59.5 Å². The predicted octanol–water partition coefficient (Wildman–Crippen LogP) is 3.31. The van der Waals surface area contributed by atoms with E-state index in [-0.39, 0.29) is 0 Å². The molecule has 3 rings (SSSR count). The van der Waals surface area contributed by atoms with Crippen LogP contribution < -0.4 is 5.73 Å². The van der Waals surface area contributed by atoms with E-state index >= 15 is 0 Å². The third kappa shape index (κ3) is 1.95. The molecule has 0 fully saturated rings. The minimum absolute atomic E-state index is 0.659. The summed E-state index contributed by atoms with van der Waals surface area (Å²) in [6.07, 6.45) is 0.689. The summed E-state index contributed by atoms with van der Waals surface area (Å²) in [5.74, 6) is 0.701. The topological polar surface area (TPSA) is 52.0 Å². The number of benzene rings is 2. The summed E-state index contributed by atoms with van der Waals surface area (Å²) in [6, 6.07) is 14.0. The SMILES string of the molecule is Cc1ccc(Cc2nc3c(N)cccc3o2)cc1. The van der Waals surface area contributed by atoms with E-state index in [2.05, 4.69) is 36.2 Å². The Morgan fingerprint density at radius 3 is 2.61 bits per heavy atom. The number of anilines is 1. The van der Waals surface area contributed by atoms with Crippen molar-refractivity contribution in [1.29, 1.82) is 0 Å². The van der Waals surface area contributed by atoms with Gasteiger partial charge in [-0.3, -0.25) is 0 Å². The van der Waals surface area contributed by atoms with Gasteiger partial charge in [-0.15, -0.1) is 0 Å². The normalized spacial score (nSPS) is 10.9. The molecular weight excluding hydrogens is 224 g/mol. The number of nitrogen functional groups attached to an aromatic ring is 1. The maximum atomic E-state index is 5.86. The highest BCUT2D eigenvalue weighted by Crippen LogP contribution is 2.22. The second-order valence-electron chi connectivity index (χ2n) is 4.46. The molecule has 0 spiro atoms. The Morgan fingerprint density at radius 1 is 1.11 bits per heavy atom. The van der Waals surface area contributed by atoms with Crippen LogP contribution in [0.5, 0.6) is 0 Å². The summed E-state index contributed by atoms with van der Waals surface area (Å²) in [5.41, 5.74) is 10.5. The second kappa shape index (κ2) is 4.18. The van der Waals surface area contributed by atoms with Gasteiger partial charge in [-0.05, 0) is 24.6 Å². The molecule has 3 nitrogen and oxygen atoms in total. The van der Waals surface area contributed by atoms with Gasteiger partial charge in [0.15, 0.2) is 11.5 Å². The van der Waals surface area contributed by atoms with Crippen molar-refractivity contribution < 1.29 is 4.42 Å². The number of fused-ring (bicyclic) bond motifs is 1. The van der Waals surface area contributed by atoms with Gasteiger partial charge in [-0.25, -0.2) is 4.98 Å². The largest absolute Gasteiger partial charge is 0.440 e. The molecule has 1 heterocycles. The first kappa shape index (κ1) is 10.8. The fourth-order valence-corrected chi connectivity index (χ4v) is 1.97. The molecule has 1 aromatic heterocycles. The van der Waals surface area contributed by atoms with Gasteiger partial charge in [-0.2, -0.15) is 0 Å². The zero-order valence-electron chi connectivity index (χ0n) is 10.2. The second-order valence-corrected chi connectivity index (χ2v) is 4.46. The molecule has 3 heteroatoms. The molecule has 0 bridgehead atoms. The maximum absolute atomic E-state index is 5.86. The maximum Gasteiger partial charge on any atom is 0.199 e. The average Bonchev–Trinajstić information content (AvgIpc) is 2.76. The highest BCUT2D eigenvalue weighted by Gasteiger charge is 2.08. The Labute approximate surface area is 105 Å². The molecule has 0 aliphatic rings. The number of oxazole rings is 1. The van der Waals surface area contributed by atoms with E-state index in [4.69, 9.17) is 10.2 Å². The fourth-order valence-electron chi connectivity index (χ4n) is 1.97. The lowest BCUT2D eigenvalue weighted by molar-refractivity contribution is 0.544. The van der Waals surface area contributed by atoms with Gasteiger partial charge in [0.25, 0.3) is 0 Å². The van der Waals surface area contributed by atoms with Gasteiger partial charge in [0, 0.05) is 6.42 Å². The van der Waals surface area contributed by atoms with E-state index in [0.29, 0.717) is 18.0 Å². The van der Waals surface area contributed by atoms with Crippen LogP contribution in [-0.4, -0.2) is 4.98 Å². The first-order chi connectivity index (χ1) is 8.72. The van der Waals surface area contributed by atoms with Crippen LogP contribution in [0.25, 0.3) is 11.1 Å². The predicted molar refractivity (Wildman–Crippen MR) is 72.4 cm³/mol. The van der Waals surface area contributed by atoms with Gasteiger partial charge >= 0.3 is 0 Å². The van der Waals surface area contributed by atoms with E-state index < -0.39 is 0 Å². The standard InChI is InChI=1S/C15H14N2O/c1-10-5-7-11(8-6-10)9-14-17-15-12(16)3-2-4-13(15)18-14/h2-8H,9,16H2,1H3. The molecular formula is C15H14N2O. The van der Waals surface area contributed by atoms with Crippen LogP contribution in [0, 0.1) is 6.92 Å². The number of rotatable bonds is 2. The van der Waals surface area contributed by atoms with Gasteiger partial charge in [0.2, 0.25) is 0 Å². The van der Waals surface area contributed by atoms with Crippen molar-refractivity contribution in [3.8, 4) is 0 Å². The number of nitrogens with zero attached hydrogens (tertiary/aromatic N) is 1. The first-order valence-electron chi connectivity index (χ1n) is 5.92. The summed E-state index contributed by atoms with van der Waals surface area (Å²) < 4.78 is 5.69. The van der Waals surface area contributed by atoms with Crippen LogP contribution in [0.4, 0.5) is 5.69 Å². The average molecular weight is 238 g/mol. The van der Waals surface area contributed by atoms with Crippen LogP contribution in [0.2, 0.25) is 0 Å². The fraction of sp³-hybridized carbons (Fsp3) is 0.133. The van der Waals surface area contributed by atoms with E-state index in [1.165, 1.54) is 11.1 Å². The van der Waals surface area contributed by atoms with Gasteiger partial charge < -0.3 is 10.2 Å². The minimum Gasteiger partial charge on any atom is -0.440 e. The lowest BCUT2D eigenvalue weighted by atomic mass is 10.1. The Hall–Kier alpha value is -2.29. The molecule has 90 valence electrons. The molecule has 0 unspecified atom stereocenters. The van der Waals surface area contributed by atoms with Crippen molar-refractivity contribution in [2.75, 3.05) is 5.73 Å². The van der Waals surface area contributed by atoms with Gasteiger partial charge in [0.05, 0.1) is 5.69 Å². The van der Waals surface area contributed by atoms with Crippen LogP contribution in [-0.2, 0) is 6.42 Å². The van der Waals surface area contributed by atoms with Crippen LogP contribution in [0.1, 0.15) is 17.0 Å². The molecule has 18 heavy (non-hydrogen) atoms. The summed E-state index contributed by atoms with van der Waals surface area (Å²) in [7, 11) is 0. The molecule has 0 aliphatic carbocycles. The first-order valence-corrected chi connectivity index (χ1v) is 5.92. The zero-order chi connectivity index (χ0) is 12.5. The Kier molecular flexibility index (Phi) is 2.52. The Morgan fingerprint density at radius 2 is 1.89 bits per heavy atom. The van der Waals surface area contributed by atoms with Crippen LogP contribution in [0.3, 0.4) is 0 Å². The van der Waals surface area contributed by atoms with Crippen molar-refractivity contribution in [2.45, 2.75) is 13.3 Å². The van der Waals surface area contributed by atoms with E-state index in [1.807, 2.05) is 18.2 Å². The summed E-state index contributed by atoms with van der Waals surface area (Å²) in [4.78, 5) is 4.44. The molecule has 0 saturated carbocycles. The monoisotopic (exact) mass is 238 g/mol. The van der Waals surface area contributed by atoms with Gasteiger partial charge in [0.1, 0.15) is 5.52 Å². The number of hydrogen-bond acceptors (Lipinski definition) is 3. The lowest BCUT2D eigenvalue weighted by Crippen LogP contribution is -1.89. The summed E-state index contributed by atoms with van der Waals surface area (Å²) >= 11 is 0. The van der Waals surface area contributed by atoms with E-state index in [9.17, 15) is 0 Å². The third-order valence-electron chi connectivity index (χ3n) is 2.97. The van der Waals surface area contributed by atoms with Gasteiger partial charge in [-0.1, -0.05) is 35.9 Å². The molecule has 2 N–H and O–H groups in total. The zero-order valence-corrected chi connectivity index (χ0v) is 10.2. The summed E-state index contributed by atoms with van der Waals surface area (Å²) in [6.45, 7) is 2.07. The number of aryl methyl sites for hydroxylation is 1. The summed E-state index contributed by atoms with van der Waals surface area (Å²) in [5, 5.41) is 0. The van der Waals surface area contributed by atoms with Crippen molar-refractivity contribution in [2.24, 2.45) is 0 Å². The van der Waals surface area contributed by atoms with E-state index in [0.717, 1.165) is 11.1 Å². The number of nitrogens with two attached hydrogens (primary N) is 1. The molecule has 3 aromatic rings. The molecule has 0 amide bonds. The third-order valence-corrected chi connectivity index (χ3v) is 2.97. The minimum atomic E-state index is 0.659. The molecule has 0 saturated heterocycles. The van der Waals surface area contributed by atoms with Crippen molar-refractivity contribution in [3.63, 3.8) is 0 Å². The Bertz CT molecular complexity index is 683. The molecule has 0 aliphatic heterocycles. The molecule has 0 atom stereocenters. The molecule has 2 aromatic carbocycles.